The third-order valence-corrected chi connectivity index (χ3v) is 4.26. The van der Waals surface area contributed by atoms with Crippen LogP contribution in [-0.2, 0) is 16.0 Å². The van der Waals surface area contributed by atoms with Crippen molar-refractivity contribution in [3.8, 4) is 0 Å². The molecule has 1 amide bonds. The molecular formula is C17H19NO3S. The molecule has 5 heteroatoms. The molecule has 2 rings (SSSR count). The average Bonchev–Trinajstić information content (AvgIpc) is 2.82. The highest BCUT2D eigenvalue weighted by Crippen LogP contribution is 2.27. The lowest BCUT2D eigenvalue weighted by Gasteiger charge is -2.03. The van der Waals surface area contributed by atoms with Gasteiger partial charge in [0.15, 0.2) is 0 Å². The van der Waals surface area contributed by atoms with E-state index in [4.69, 9.17) is 4.74 Å². The molecular weight excluding hydrogens is 298 g/mol. The minimum Gasteiger partial charge on any atom is -0.462 e. The van der Waals surface area contributed by atoms with Gasteiger partial charge in [-0.05, 0) is 38.0 Å². The van der Waals surface area contributed by atoms with E-state index in [1.807, 2.05) is 38.1 Å². The van der Waals surface area contributed by atoms with E-state index in [0.29, 0.717) is 22.9 Å². The van der Waals surface area contributed by atoms with Gasteiger partial charge >= 0.3 is 5.97 Å². The predicted molar refractivity (Wildman–Crippen MR) is 88.5 cm³/mol. The molecule has 0 saturated carbocycles. The second-order valence-electron chi connectivity index (χ2n) is 5.05. The van der Waals surface area contributed by atoms with Gasteiger partial charge in [-0.15, -0.1) is 11.3 Å². The molecule has 0 saturated heterocycles. The molecule has 0 aliphatic heterocycles. The van der Waals surface area contributed by atoms with Crippen LogP contribution in [0.2, 0.25) is 0 Å². The highest BCUT2D eigenvalue weighted by atomic mass is 32.1. The van der Waals surface area contributed by atoms with E-state index < -0.39 is 0 Å². The lowest BCUT2D eigenvalue weighted by atomic mass is 10.1. The van der Waals surface area contributed by atoms with Crippen molar-refractivity contribution in [3.05, 3.63) is 51.9 Å². The second kappa shape index (κ2) is 7.22. The van der Waals surface area contributed by atoms with Gasteiger partial charge in [-0.25, -0.2) is 4.79 Å². The minimum atomic E-state index is -0.343. The third-order valence-electron chi connectivity index (χ3n) is 3.13. The summed E-state index contributed by atoms with van der Waals surface area (Å²) in [6.07, 6.45) is 0.311. The van der Waals surface area contributed by atoms with E-state index in [2.05, 4.69) is 5.32 Å². The van der Waals surface area contributed by atoms with Crippen molar-refractivity contribution in [1.29, 1.82) is 0 Å². The lowest BCUT2D eigenvalue weighted by molar-refractivity contribution is -0.115. The first kappa shape index (κ1) is 16.2. The molecule has 1 aromatic carbocycles. The summed E-state index contributed by atoms with van der Waals surface area (Å²) >= 11 is 1.24. The van der Waals surface area contributed by atoms with Gasteiger partial charge in [-0.1, -0.05) is 29.8 Å². The largest absolute Gasteiger partial charge is 0.462 e. The van der Waals surface area contributed by atoms with Crippen molar-refractivity contribution >= 4 is 28.2 Å². The SMILES string of the molecule is CCOC(=O)c1sc(NC(=O)Cc2ccc(C)cc2)cc1C. The van der Waals surface area contributed by atoms with Crippen molar-refractivity contribution in [3.63, 3.8) is 0 Å². The number of anilines is 1. The number of carbonyl (C=O) groups is 2. The third kappa shape index (κ3) is 4.18. The van der Waals surface area contributed by atoms with E-state index >= 15 is 0 Å². The molecule has 0 radical (unpaired) electrons. The maximum Gasteiger partial charge on any atom is 0.348 e. The van der Waals surface area contributed by atoms with Gasteiger partial charge in [0.05, 0.1) is 18.0 Å². The van der Waals surface area contributed by atoms with Crippen LogP contribution in [0.3, 0.4) is 0 Å². The number of nitrogens with one attached hydrogen (secondary N) is 1. The molecule has 1 aromatic heterocycles. The van der Waals surface area contributed by atoms with E-state index in [1.54, 1.807) is 13.0 Å². The molecule has 0 aliphatic carbocycles. The number of ether oxygens (including phenoxy) is 1. The van der Waals surface area contributed by atoms with E-state index in [0.717, 1.165) is 16.7 Å². The smallest absolute Gasteiger partial charge is 0.348 e. The molecule has 1 heterocycles. The van der Waals surface area contributed by atoms with E-state index in [1.165, 1.54) is 11.3 Å². The number of rotatable bonds is 5. The van der Waals surface area contributed by atoms with Crippen LogP contribution in [0.1, 0.15) is 33.3 Å². The first-order valence-corrected chi connectivity index (χ1v) is 7.94. The Morgan fingerprint density at radius 1 is 1.18 bits per heavy atom. The molecule has 0 bridgehead atoms. The summed E-state index contributed by atoms with van der Waals surface area (Å²) in [7, 11) is 0. The Morgan fingerprint density at radius 3 is 2.50 bits per heavy atom. The normalized spacial score (nSPS) is 10.3. The first-order chi connectivity index (χ1) is 10.5. The van der Waals surface area contributed by atoms with Crippen LogP contribution in [0.15, 0.2) is 30.3 Å². The lowest BCUT2D eigenvalue weighted by Crippen LogP contribution is -2.13. The number of hydrogen-bond acceptors (Lipinski definition) is 4. The molecule has 0 unspecified atom stereocenters. The first-order valence-electron chi connectivity index (χ1n) is 7.12. The zero-order valence-electron chi connectivity index (χ0n) is 12.9. The zero-order chi connectivity index (χ0) is 16.1. The fourth-order valence-electron chi connectivity index (χ4n) is 2.02. The summed E-state index contributed by atoms with van der Waals surface area (Å²) in [4.78, 5) is 24.4. The molecule has 116 valence electrons. The second-order valence-corrected chi connectivity index (χ2v) is 6.11. The van der Waals surface area contributed by atoms with Crippen LogP contribution in [0, 0.1) is 13.8 Å². The number of carbonyl (C=O) groups excluding carboxylic acids is 2. The van der Waals surface area contributed by atoms with Crippen molar-refractivity contribution in [2.45, 2.75) is 27.2 Å². The number of aryl methyl sites for hydroxylation is 2. The summed E-state index contributed by atoms with van der Waals surface area (Å²) in [6.45, 7) is 5.95. The summed E-state index contributed by atoms with van der Waals surface area (Å²) in [5, 5.41) is 3.50. The Labute approximate surface area is 134 Å². The van der Waals surface area contributed by atoms with Crippen LogP contribution in [0.25, 0.3) is 0 Å². The van der Waals surface area contributed by atoms with Crippen LogP contribution in [0.4, 0.5) is 5.00 Å². The molecule has 4 nitrogen and oxygen atoms in total. The fourth-order valence-corrected chi connectivity index (χ4v) is 3.00. The molecule has 0 fully saturated rings. The quantitative estimate of drug-likeness (QED) is 0.855. The Bertz CT molecular complexity index is 674. The number of esters is 1. The monoisotopic (exact) mass is 317 g/mol. The number of benzene rings is 1. The summed E-state index contributed by atoms with van der Waals surface area (Å²) in [6, 6.07) is 9.65. The van der Waals surface area contributed by atoms with Gasteiger partial charge < -0.3 is 10.1 Å². The highest BCUT2D eigenvalue weighted by Gasteiger charge is 2.15. The van der Waals surface area contributed by atoms with Gasteiger partial charge in [-0.2, -0.15) is 0 Å². The van der Waals surface area contributed by atoms with Crippen molar-refractivity contribution in [1.82, 2.24) is 0 Å². The fraction of sp³-hybridized carbons (Fsp3) is 0.294. The van der Waals surface area contributed by atoms with Gasteiger partial charge in [0.1, 0.15) is 4.88 Å². The van der Waals surface area contributed by atoms with Crippen LogP contribution >= 0.6 is 11.3 Å². The van der Waals surface area contributed by atoms with Crippen LogP contribution in [-0.4, -0.2) is 18.5 Å². The minimum absolute atomic E-state index is 0.0967. The van der Waals surface area contributed by atoms with Crippen LogP contribution < -0.4 is 5.32 Å². The summed E-state index contributed by atoms with van der Waals surface area (Å²) in [5.41, 5.74) is 2.94. The molecule has 0 spiro atoms. The maximum atomic E-state index is 12.1. The number of hydrogen-bond donors (Lipinski definition) is 1. The molecule has 1 N–H and O–H groups in total. The van der Waals surface area contributed by atoms with Crippen molar-refractivity contribution in [2.75, 3.05) is 11.9 Å². The molecule has 0 aliphatic rings. The van der Waals surface area contributed by atoms with Crippen molar-refractivity contribution < 1.29 is 14.3 Å². The molecule has 0 atom stereocenters. The maximum absolute atomic E-state index is 12.1. The van der Waals surface area contributed by atoms with E-state index in [-0.39, 0.29) is 11.9 Å². The number of amides is 1. The predicted octanol–water partition coefficient (Wildman–Crippen LogP) is 3.72. The zero-order valence-corrected chi connectivity index (χ0v) is 13.8. The van der Waals surface area contributed by atoms with E-state index in [9.17, 15) is 9.59 Å². The van der Waals surface area contributed by atoms with Gasteiger partial charge in [-0.3, -0.25) is 4.79 Å². The average molecular weight is 317 g/mol. The summed E-state index contributed by atoms with van der Waals surface area (Å²) < 4.78 is 4.99. The standard InChI is InChI=1S/C17H19NO3S/c1-4-21-17(20)16-12(3)9-15(22-16)18-14(19)10-13-7-5-11(2)6-8-13/h5-9H,4,10H2,1-3H3,(H,18,19). The van der Waals surface area contributed by atoms with Crippen molar-refractivity contribution in [2.24, 2.45) is 0 Å². The Morgan fingerprint density at radius 2 is 1.86 bits per heavy atom. The highest BCUT2D eigenvalue weighted by molar-refractivity contribution is 7.18. The Hall–Kier alpha value is -2.14. The van der Waals surface area contributed by atoms with Gasteiger partial charge in [0, 0.05) is 0 Å². The van der Waals surface area contributed by atoms with Gasteiger partial charge in [0.25, 0.3) is 0 Å². The van der Waals surface area contributed by atoms with Crippen LogP contribution in [0.5, 0.6) is 0 Å². The molecule has 2 aromatic rings. The van der Waals surface area contributed by atoms with Gasteiger partial charge in [0.2, 0.25) is 5.91 Å². The topological polar surface area (TPSA) is 55.4 Å². The Kier molecular flexibility index (Phi) is 5.33. The summed E-state index contributed by atoms with van der Waals surface area (Å²) in [5.74, 6) is -0.440. The molecule has 22 heavy (non-hydrogen) atoms. The Balaban J connectivity index is 2.01. The number of thiophene rings is 1.